The van der Waals surface area contributed by atoms with Crippen molar-refractivity contribution in [1.29, 1.82) is 0 Å². The lowest BCUT2D eigenvalue weighted by atomic mass is 10.7. The molecule has 1 aromatic heterocycles. The van der Waals surface area contributed by atoms with Gasteiger partial charge in [0, 0.05) is 7.05 Å². The van der Waals surface area contributed by atoms with E-state index in [9.17, 15) is 0 Å². The van der Waals surface area contributed by atoms with Crippen LogP contribution in [0.4, 0.5) is 0 Å². The van der Waals surface area contributed by atoms with Crippen molar-refractivity contribution >= 4 is 14.8 Å². The van der Waals surface area contributed by atoms with Gasteiger partial charge in [0.1, 0.15) is 5.82 Å². The topological polar surface area (TPSA) is 30.7 Å². The molecular weight excluding hydrogens is 121 g/mol. The molecule has 0 aliphatic carbocycles. The molecular formula is C4H8N3P. The molecule has 0 saturated carbocycles. The van der Waals surface area contributed by atoms with E-state index >= 15 is 0 Å². The minimum Gasteiger partial charge on any atom is -0.253 e. The standard InChI is InChI=1S/C4H8N3P/c1-3-5-4(8)6-7(3)2/h8H2,1-2H3. The Kier molecular flexibility index (Phi) is 1.30. The Morgan fingerprint density at radius 3 is 2.38 bits per heavy atom. The minimum atomic E-state index is 0.755. The summed E-state index contributed by atoms with van der Waals surface area (Å²) in [6, 6.07) is 0. The van der Waals surface area contributed by atoms with E-state index in [1.165, 1.54) is 0 Å². The van der Waals surface area contributed by atoms with Crippen LogP contribution in [0.3, 0.4) is 0 Å². The van der Waals surface area contributed by atoms with Crippen molar-refractivity contribution in [1.82, 2.24) is 14.8 Å². The van der Waals surface area contributed by atoms with Gasteiger partial charge in [-0.3, -0.25) is 4.68 Å². The Labute approximate surface area is 50.3 Å². The van der Waals surface area contributed by atoms with E-state index < -0.39 is 0 Å². The maximum absolute atomic E-state index is 4.03. The van der Waals surface area contributed by atoms with Crippen LogP contribution in [0.1, 0.15) is 5.82 Å². The van der Waals surface area contributed by atoms with Crippen molar-refractivity contribution in [3.05, 3.63) is 5.82 Å². The lowest BCUT2D eigenvalue weighted by Gasteiger charge is -1.84. The molecule has 1 heterocycles. The van der Waals surface area contributed by atoms with Crippen LogP contribution in [-0.4, -0.2) is 14.8 Å². The smallest absolute Gasteiger partial charge is 0.166 e. The van der Waals surface area contributed by atoms with Gasteiger partial charge in [0.25, 0.3) is 0 Å². The Morgan fingerprint density at radius 1 is 1.62 bits per heavy atom. The van der Waals surface area contributed by atoms with Crippen LogP contribution < -0.4 is 5.57 Å². The predicted molar refractivity (Wildman–Crippen MR) is 35.1 cm³/mol. The molecule has 0 aliphatic heterocycles. The van der Waals surface area contributed by atoms with Gasteiger partial charge in [-0.25, -0.2) is 4.98 Å². The molecule has 44 valence electrons. The van der Waals surface area contributed by atoms with Crippen LogP contribution in [0.2, 0.25) is 0 Å². The van der Waals surface area contributed by atoms with Crippen molar-refractivity contribution in [3.8, 4) is 0 Å². The van der Waals surface area contributed by atoms with E-state index in [0.29, 0.717) is 0 Å². The first-order valence-corrected chi connectivity index (χ1v) is 2.91. The summed E-state index contributed by atoms with van der Waals surface area (Å²) in [6.07, 6.45) is 0. The molecule has 1 atom stereocenters. The number of rotatable bonds is 0. The molecule has 0 N–H and O–H groups in total. The number of aryl methyl sites for hydroxylation is 2. The average Bonchev–Trinajstić information content (AvgIpc) is 1.85. The third-order valence-corrected chi connectivity index (χ3v) is 1.24. The molecule has 0 bridgehead atoms. The predicted octanol–water partition coefficient (Wildman–Crippen LogP) is -0.376. The molecule has 0 aromatic carbocycles. The second-order valence-electron chi connectivity index (χ2n) is 1.64. The van der Waals surface area contributed by atoms with Crippen LogP contribution in [0.15, 0.2) is 0 Å². The minimum absolute atomic E-state index is 0.755. The summed E-state index contributed by atoms with van der Waals surface area (Å²) in [5.41, 5.74) is 0.755. The van der Waals surface area contributed by atoms with Crippen LogP contribution in [-0.2, 0) is 7.05 Å². The molecule has 1 aromatic rings. The van der Waals surface area contributed by atoms with E-state index in [1.54, 1.807) is 4.68 Å². The van der Waals surface area contributed by atoms with Gasteiger partial charge in [-0.05, 0) is 6.92 Å². The SMILES string of the molecule is Cc1nc(P)nn1C. The van der Waals surface area contributed by atoms with E-state index in [0.717, 1.165) is 11.4 Å². The number of hydrogen-bond donors (Lipinski definition) is 0. The highest BCUT2D eigenvalue weighted by molar-refractivity contribution is 7.26. The normalized spacial score (nSPS) is 9.88. The van der Waals surface area contributed by atoms with E-state index in [-0.39, 0.29) is 0 Å². The summed E-state index contributed by atoms with van der Waals surface area (Å²) in [5, 5.41) is 3.98. The van der Waals surface area contributed by atoms with Crippen molar-refractivity contribution in [3.63, 3.8) is 0 Å². The van der Waals surface area contributed by atoms with Crippen LogP contribution in [0.25, 0.3) is 0 Å². The summed E-state index contributed by atoms with van der Waals surface area (Å²) in [7, 11) is 4.31. The van der Waals surface area contributed by atoms with Gasteiger partial charge in [-0.1, -0.05) is 9.24 Å². The fourth-order valence-electron chi connectivity index (χ4n) is 0.487. The van der Waals surface area contributed by atoms with E-state index in [1.807, 2.05) is 14.0 Å². The first-order chi connectivity index (χ1) is 3.70. The molecule has 0 aliphatic rings. The fraction of sp³-hybridized carbons (Fsp3) is 0.500. The molecule has 0 fully saturated rings. The van der Waals surface area contributed by atoms with Gasteiger partial charge in [0.15, 0.2) is 5.57 Å². The molecule has 4 heteroatoms. The summed E-state index contributed by atoms with van der Waals surface area (Å²) >= 11 is 0. The molecule has 0 spiro atoms. The van der Waals surface area contributed by atoms with Gasteiger partial charge in [0.2, 0.25) is 0 Å². The average molecular weight is 129 g/mol. The van der Waals surface area contributed by atoms with Crippen molar-refractivity contribution in [2.24, 2.45) is 7.05 Å². The highest BCUT2D eigenvalue weighted by Gasteiger charge is 1.93. The van der Waals surface area contributed by atoms with E-state index in [4.69, 9.17) is 0 Å². The molecule has 0 radical (unpaired) electrons. The highest BCUT2D eigenvalue weighted by atomic mass is 31.0. The van der Waals surface area contributed by atoms with Crippen molar-refractivity contribution in [2.45, 2.75) is 6.92 Å². The second-order valence-corrected chi connectivity index (χ2v) is 2.16. The van der Waals surface area contributed by atoms with Crippen molar-refractivity contribution in [2.75, 3.05) is 0 Å². The highest BCUT2D eigenvalue weighted by Crippen LogP contribution is 1.85. The van der Waals surface area contributed by atoms with Crippen LogP contribution in [0, 0.1) is 6.92 Å². The molecule has 1 rings (SSSR count). The molecule has 8 heavy (non-hydrogen) atoms. The Bertz CT molecular complexity index is 174. The Balaban J connectivity index is 3.14. The first-order valence-electron chi connectivity index (χ1n) is 2.33. The zero-order valence-electron chi connectivity index (χ0n) is 4.92. The van der Waals surface area contributed by atoms with Gasteiger partial charge in [-0.15, -0.1) is 0 Å². The van der Waals surface area contributed by atoms with Crippen molar-refractivity contribution < 1.29 is 0 Å². The third-order valence-electron chi connectivity index (χ3n) is 0.997. The molecule has 1 unspecified atom stereocenters. The summed E-state index contributed by atoms with van der Waals surface area (Å²) in [5.74, 6) is 0.940. The maximum atomic E-state index is 4.03. The van der Waals surface area contributed by atoms with Gasteiger partial charge >= 0.3 is 0 Å². The zero-order chi connectivity index (χ0) is 6.15. The maximum Gasteiger partial charge on any atom is 0.166 e. The quantitative estimate of drug-likeness (QED) is 0.447. The largest absolute Gasteiger partial charge is 0.253 e. The number of hydrogen-bond acceptors (Lipinski definition) is 2. The fourth-order valence-corrected chi connectivity index (χ4v) is 0.847. The Morgan fingerprint density at radius 2 is 2.25 bits per heavy atom. The number of aromatic nitrogens is 3. The molecule has 0 saturated heterocycles. The third kappa shape index (κ3) is 0.869. The summed E-state index contributed by atoms with van der Waals surface area (Å²) in [4.78, 5) is 4.03. The zero-order valence-corrected chi connectivity index (χ0v) is 6.07. The number of nitrogens with zero attached hydrogens (tertiary/aromatic N) is 3. The lowest BCUT2D eigenvalue weighted by molar-refractivity contribution is 0.739. The first kappa shape index (κ1) is 5.70. The van der Waals surface area contributed by atoms with Crippen LogP contribution >= 0.6 is 9.24 Å². The monoisotopic (exact) mass is 129 g/mol. The van der Waals surface area contributed by atoms with Crippen LogP contribution in [0.5, 0.6) is 0 Å². The van der Waals surface area contributed by atoms with Gasteiger partial charge in [-0.2, -0.15) is 5.10 Å². The van der Waals surface area contributed by atoms with E-state index in [2.05, 4.69) is 19.3 Å². The second kappa shape index (κ2) is 1.82. The molecule has 3 nitrogen and oxygen atoms in total. The summed E-state index contributed by atoms with van der Waals surface area (Å²) < 4.78 is 1.74. The lowest BCUT2D eigenvalue weighted by Crippen LogP contribution is -1.97. The van der Waals surface area contributed by atoms with Gasteiger partial charge < -0.3 is 0 Å². The van der Waals surface area contributed by atoms with Gasteiger partial charge in [0.05, 0.1) is 0 Å². The Hall–Kier alpha value is -0.430. The summed E-state index contributed by atoms with van der Waals surface area (Å²) in [6.45, 7) is 1.92. The molecule has 0 amide bonds.